The van der Waals surface area contributed by atoms with Gasteiger partial charge in [-0.1, -0.05) is 18.2 Å². The number of ether oxygens (including phenoxy) is 4. The molecule has 1 aliphatic rings. The van der Waals surface area contributed by atoms with Crippen LogP contribution in [0.2, 0.25) is 0 Å². The summed E-state index contributed by atoms with van der Waals surface area (Å²) in [7, 11) is 1.65. The fourth-order valence-corrected chi connectivity index (χ4v) is 4.50. The van der Waals surface area contributed by atoms with Crippen molar-refractivity contribution >= 4 is 22.4 Å². The van der Waals surface area contributed by atoms with Gasteiger partial charge in [-0.05, 0) is 67.8 Å². The van der Waals surface area contributed by atoms with Crippen molar-refractivity contribution in [2.24, 2.45) is 0 Å². The van der Waals surface area contributed by atoms with Crippen molar-refractivity contribution in [1.82, 2.24) is 5.32 Å². The fourth-order valence-electron chi connectivity index (χ4n) is 4.50. The molecule has 7 nitrogen and oxygen atoms in total. The van der Waals surface area contributed by atoms with Gasteiger partial charge in [0.05, 0.1) is 20.0 Å². The summed E-state index contributed by atoms with van der Waals surface area (Å²) in [5.74, 6) is 2.71. The lowest BCUT2D eigenvalue weighted by molar-refractivity contribution is -0.116. The number of carbonyl (C=O) groups is 1. The van der Waals surface area contributed by atoms with Gasteiger partial charge >= 0.3 is 0 Å². The molecule has 0 fully saturated rings. The first-order chi connectivity index (χ1) is 18.0. The Hall–Kier alpha value is -4.39. The number of allylic oxidation sites excluding steroid dienone is 1. The smallest absolute Gasteiger partial charge is 0.244 e. The Morgan fingerprint density at radius 1 is 1.08 bits per heavy atom. The molecule has 0 unspecified atom stereocenters. The fraction of sp³-hybridized carbons (Fsp3) is 0.233. The van der Waals surface area contributed by atoms with Gasteiger partial charge in [0.2, 0.25) is 12.7 Å². The van der Waals surface area contributed by atoms with Crippen LogP contribution in [-0.4, -0.2) is 26.4 Å². The maximum Gasteiger partial charge on any atom is 0.244 e. The highest BCUT2D eigenvalue weighted by atomic mass is 16.7. The third-order valence-electron chi connectivity index (χ3n) is 6.41. The summed E-state index contributed by atoms with van der Waals surface area (Å²) in [5, 5.41) is 3.91. The molecule has 0 atom stereocenters. The van der Waals surface area contributed by atoms with Crippen molar-refractivity contribution < 1.29 is 28.2 Å². The van der Waals surface area contributed by atoms with Gasteiger partial charge in [-0.25, -0.2) is 0 Å². The van der Waals surface area contributed by atoms with Crippen LogP contribution in [0.3, 0.4) is 0 Å². The van der Waals surface area contributed by atoms with Crippen molar-refractivity contribution in [2.45, 2.75) is 27.3 Å². The topological polar surface area (TPSA) is 79.2 Å². The van der Waals surface area contributed by atoms with Crippen molar-refractivity contribution in [1.29, 1.82) is 0 Å². The number of rotatable bonds is 8. The number of fused-ring (bicyclic) bond motifs is 2. The lowest BCUT2D eigenvalue weighted by Gasteiger charge is -2.15. The van der Waals surface area contributed by atoms with Gasteiger partial charge in [0, 0.05) is 34.7 Å². The molecule has 0 spiro atoms. The summed E-state index contributed by atoms with van der Waals surface area (Å²) in [5.41, 5.74) is 6.20. The Balaban J connectivity index is 1.44. The normalized spacial score (nSPS) is 12.6. The zero-order valence-electron chi connectivity index (χ0n) is 21.3. The van der Waals surface area contributed by atoms with Crippen molar-refractivity contribution in [2.75, 3.05) is 20.5 Å². The van der Waals surface area contributed by atoms with Crippen LogP contribution in [0, 0.1) is 6.92 Å². The number of carbonyl (C=O) groups excluding carboxylic acids is 1. The quantitative estimate of drug-likeness (QED) is 0.288. The van der Waals surface area contributed by atoms with E-state index in [0.29, 0.717) is 30.4 Å². The van der Waals surface area contributed by atoms with Gasteiger partial charge in [-0.15, -0.1) is 0 Å². The van der Waals surface area contributed by atoms with E-state index in [1.807, 2.05) is 69.3 Å². The molecule has 0 radical (unpaired) electrons. The predicted molar refractivity (Wildman–Crippen MR) is 142 cm³/mol. The maximum absolute atomic E-state index is 12.8. The van der Waals surface area contributed by atoms with Gasteiger partial charge in [0.25, 0.3) is 0 Å². The molecule has 37 heavy (non-hydrogen) atoms. The molecule has 2 heterocycles. The van der Waals surface area contributed by atoms with Crippen LogP contribution in [0.15, 0.2) is 65.3 Å². The molecule has 0 aliphatic carbocycles. The van der Waals surface area contributed by atoms with Crippen LogP contribution in [0.1, 0.15) is 30.5 Å². The molecule has 0 bridgehead atoms. The third-order valence-corrected chi connectivity index (χ3v) is 6.41. The average molecular weight is 500 g/mol. The summed E-state index contributed by atoms with van der Waals surface area (Å²) in [6, 6.07) is 15.5. The lowest BCUT2D eigenvalue weighted by atomic mass is 9.96. The Kier molecular flexibility index (Phi) is 6.77. The Bertz CT molecular complexity index is 1480. The first kappa shape index (κ1) is 24.3. The second-order valence-corrected chi connectivity index (χ2v) is 8.80. The number of methoxy groups -OCH3 is 1. The molecule has 1 N–H and O–H groups in total. The van der Waals surface area contributed by atoms with E-state index in [4.69, 9.17) is 23.4 Å². The molecular formula is C30H29NO6. The number of hydrogen-bond donors (Lipinski definition) is 1. The van der Waals surface area contributed by atoms with Gasteiger partial charge in [-0.3, -0.25) is 4.79 Å². The number of hydrogen-bond acceptors (Lipinski definition) is 6. The second-order valence-electron chi connectivity index (χ2n) is 8.80. The molecule has 3 aromatic carbocycles. The minimum absolute atomic E-state index is 0.196. The van der Waals surface area contributed by atoms with E-state index in [-0.39, 0.29) is 12.7 Å². The molecule has 7 heteroatoms. The SMILES string of the molecule is CCOc1c(/C(C)=C/C(=O)NCc2ccc3c(c2)OCO3)cc2c(-c3ccc(OC)cc3)coc2c1C. The molecule has 5 rings (SSSR count). The zero-order chi connectivity index (χ0) is 25.9. The summed E-state index contributed by atoms with van der Waals surface area (Å²) < 4.78 is 28.1. The molecule has 190 valence electrons. The lowest BCUT2D eigenvalue weighted by Crippen LogP contribution is -2.20. The van der Waals surface area contributed by atoms with E-state index in [1.165, 1.54) is 0 Å². The molecule has 1 aromatic heterocycles. The zero-order valence-corrected chi connectivity index (χ0v) is 21.3. The van der Waals surface area contributed by atoms with E-state index in [1.54, 1.807) is 19.4 Å². The summed E-state index contributed by atoms with van der Waals surface area (Å²) in [6.45, 7) is 6.92. The van der Waals surface area contributed by atoms with E-state index in [2.05, 4.69) is 5.32 Å². The van der Waals surface area contributed by atoms with Crippen LogP contribution in [0.25, 0.3) is 27.7 Å². The first-order valence-corrected chi connectivity index (χ1v) is 12.2. The standard InChI is InChI=1S/C30H29NO6/c1-5-34-29-19(3)30-24(25(16-35-30)21-7-9-22(33-4)10-8-21)14-23(29)18(2)12-28(32)31-15-20-6-11-26-27(13-20)37-17-36-26/h6-14,16H,5,15,17H2,1-4H3,(H,31,32)/b18-12+. The van der Waals surface area contributed by atoms with E-state index < -0.39 is 0 Å². The summed E-state index contributed by atoms with van der Waals surface area (Å²) in [4.78, 5) is 12.8. The number of benzene rings is 3. The third kappa shape index (κ3) is 4.85. The van der Waals surface area contributed by atoms with Crippen molar-refractivity contribution in [3.63, 3.8) is 0 Å². The summed E-state index contributed by atoms with van der Waals surface area (Å²) in [6.07, 6.45) is 3.36. The highest BCUT2D eigenvalue weighted by Crippen LogP contribution is 2.41. The van der Waals surface area contributed by atoms with E-state index in [0.717, 1.165) is 50.1 Å². The highest BCUT2D eigenvalue weighted by Gasteiger charge is 2.19. The Labute approximate surface area is 215 Å². The number of furan rings is 1. The van der Waals surface area contributed by atoms with Crippen molar-refractivity contribution in [3.05, 3.63) is 77.6 Å². The summed E-state index contributed by atoms with van der Waals surface area (Å²) >= 11 is 0. The van der Waals surface area contributed by atoms with Gasteiger partial charge in [0.15, 0.2) is 11.5 Å². The molecule has 1 amide bonds. The average Bonchev–Trinajstić information content (AvgIpc) is 3.56. The highest BCUT2D eigenvalue weighted by molar-refractivity contribution is 6.01. The van der Waals surface area contributed by atoms with Gasteiger partial charge in [-0.2, -0.15) is 0 Å². The van der Waals surface area contributed by atoms with E-state index >= 15 is 0 Å². The van der Waals surface area contributed by atoms with Crippen LogP contribution in [0.4, 0.5) is 0 Å². The minimum atomic E-state index is -0.196. The Morgan fingerprint density at radius 3 is 2.62 bits per heavy atom. The van der Waals surface area contributed by atoms with Gasteiger partial charge < -0.3 is 28.7 Å². The maximum atomic E-state index is 12.8. The molecule has 4 aromatic rings. The van der Waals surface area contributed by atoms with Crippen LogP contribution < -0.4 is 24.3 Å². The second kappa shape index (κ2) is 10.3. The van der Waals surface area contributed by atoms with E-state index in [9.17, 15) is 4.79 Å². The monoisotopic (exact) mass is 499 g/mol. The largest absolute Gasteiger partial charge is 0.497 e. The van der Waals surface area contributed by atoms with Crippen LogP contribution in [0.5, 0.6) is 23.0 Å². The van der Waals surface area contributed by atoms with Gasteiger partial charge in [0.1, 0.15) is 17.1 Å². The number of amides is 1. The van der Waals surface area contributed by atoms with Crippen molar-refractivity contribution in [3.8, 4) is 34.1 Å². The number of nitrogens with one attached hydrogen (secondary N) is 1. The minimum Gasteiger partial charge on any atom is -0.497 e. The molecule has 1 aliphatic heterocycles. The predicted octanol–water partition coefficient (Wildman–Crippen LogP) is 6.26. The molecule has 0 saturated heterocycles. The molecule has 0 saturated carbocycles. The molecular weight excluding hydrogens is 470 g/mol. The first-order valence-electron chi connectivity index (χ1n) is 12.2. The van der Waals surface area contributed by atoms with Crippen LogP contribution in [-0.2, 0) is 11.3 Å². The number of aryl methyl sites for hydroxylation is 1. The van der Waals surface area contributed by atoms with Crippen LogP contribution >= 0.6 is 0 Å². The Morgan fingerprint density at radius 2 is 1.86 bits per heavy atom.